The number of hydrogen-bond donors (Lipinski definition) is 1. The summed E-state index contributed by atoms with van der Waals surface area (Å²) in [5, 5.41) is -0.114. The van der Waals surface area contributed by atoms with E-state index in [1.54, 1.807) is 37.4 Å². The van der Waals surface area contributed by atoms with E-state index in [0.717, 1.165) is 17.2 Å². The SMILES string of the molecule is COc1cccc(-c2ccc(C(Oc3cc(Cl)nc(N)n3)C(F)(F)F)cc2)c1. The van der Waals surface area contributed by atoms with E-state index in [4.69, 9.17) is 26.8 Å². The van der Waals surface area contributed by atoms with Gasteiger partial charge in [-0.3, -0.25) is 0 Å². The number of anilines is 1. The van der Waals surface area contributed by atoms with Crippen molar-refractivity contribution in [2.24, 2.45) is 0 Å². The first-order valence-corrected chi connectivity index (χ1v) is 8.42. The Bertz CT molecular complexity index is 945. The molecule has 0 spiro atoms. The maximum atomic E-state index is 13.6. The molecule has 1 atom stereocenters. The summed E-state index contributed by atoms with van der Waals surface area (Å²) in [6.07, 6.45) is -6.92. The number of benzene rings is 2. The number of methoxy groups -OCH3 is 1. The molecule has 0 aliphatic heterocycles. The molecular weight excluding hydrogens is 395 g/mol. The monoisotopic (exact) mass is 409 g/mol. The van der Waals surface area contributed by atoms with Crippen molar-refractivity contribution in [3.05, 3.63) is 65.3 Å². The predicted molar refractivity (Wildman–Crippen MR) is 99.3 cm³/mol. The van der Waals surface area contributed by atoms with Crippen LogP contribution in [0.4, 0.5) is 19.1 Å². The van der Waals surface area contributed by atoms with E-state index in [9.17, 15) is 13.2 Å². The lowest BCUT2D eigenvalue weighted by atomic mass is 10.0. The molecule has 0 bridgehead atoms. The van der Waals surface area contributed by atoms with Gasteiger partial charge in [-0.2, -0.15) is 18.2 Å². The fourth-order valence-electron chi connectivity index (χ4n) is 2.57. The maximum Gasteiger partial charge on any atom is 0.429 e. The van der Waals surface area contributed by atoms with E-state index in [0.29, 0.717) is 5.75 Å². The largest absolute Gasteiger partial charge is 0.497 e. The Labute approximate surface area is 163 Å². The molecular formula is C19H15ClF3N3O2. The van der Waals surface area contributed by atoms with Crippen LogP contribution in [0.1, 0.15) is 11.7 Å². The van der Waals surface area contributed by atoms with Crippen molar-refractivity contribution in [2.45, 2.75) is 12.3 Å². The summed E-state index contributed by atoms with van der Waals surface area (Å²) in [5.41, 5.74) is 6.87. The summed E-state index contributed by atoms with van der Waals surface area (Å²) in [5.74, 6) is 0.00445. The minimum atomic E-state index is -4.68. The average Bonchev–Trinajstić information content (AvgIpc) is 2.65. The third-order valence-electron chi connectivity index (χ3n) is 3.84. The lowest BCUT2D eigenvalue weighted by Crippen LogP contribution is -2.26. The van der Waals surface area contributed by atoms with Crippen LogP contribution in [0.3, 0.4) is 0 Å². The highest BCUT2D eigenvalue weighted by Crippen LogP contribution is 2.37. The van der Waals surface area contributed by atoms with Crippen molar-refractivity contribution in [3.63, 3.8) is 0 Å². The van der Waals surface area contributed by atoms with Gasteiger partial charge in [0.1, 0.15) is 10.9 Å². The number of nitrogens with zero attached hydrogens (tertiary/aromatic N) is 2. The van der Waals surface area contributed by atoms with Crippen LogP contribution in [0.25, 0.3) is 11.1 Å². The van der Waals surface area contributed by atoms with Gasteiger partial charge in [-0.05, 0) is 23.3 Å². The molecule has 3 aromatic rings. The van der Waals surface area contributed by atoms with Gasteiger partial charge in [0.15, 0.2) is 0 Å². The smallest absolute Gasteiger partial charge is 0.429 e. The van der Waals surface area contributed by atoms with Gasteiger partial charge >= 0.3 is 6.18 Å². The van der Waals surface area contributed by atoms with Gasteiger partial charge in [0.05, 0.1) is 7.11 Å². The third-order valence-corrected chi connectivity index (χ3v) is 4.03. The Morgan fingerprint density at radius 2 is 1.71 bits per heavy atom. The van der Waals surface area contributed by atoms with Crippen LogP contribution >= 0.6 is 11.6 Å². The summed E-state index contributed by atoms with van der Waals surface area (Å²) in [4.78, 5) is 7.24. The molecule has 146 valence electrons. The van der Waals surface area contributed by atoms with Crippen LogP contribution < -0.4 is 15.2 Å². The minimum absolute atomic E-state index is 0.0903. The number of nitrogens with two attached hydrogens (primary N) is 1. The first-order chi connectivity index (χ1) is 13.3. The van der Waals surface area contributed by atoms with Crippen molar-refractivity contribution in [2.75, 3.05) is 12.8 Å². The molecule has 2 aromatic carbocycles. The molecule has 1 heterocycles. The van der Waals surface area contributed by atoms with Gasteiger partial charge in [0.2, 0.25) is 17.9 Å². The second-order valence-electron chi connectivity index (χ2n) is 5.78. The van der Waals surface area contributed by atoms with Crippen LogP contribution in [0.5, 0.6) is 11.6 Å². The fourth-order valence-corrected chi connectivity index (χ4v) is 2.75. The molecule has 0 aliphatic rings. The zero-order valence-corrected chi connectivity index (χ0v) is 15.3. The Kier molecular flexibility index (Phi) is 5.60. The van der Waals surface area contributed by atoms with Gasteiger partial charge in [-0.1, -0.05) is 48.0 Å². The first-order valence-electron chi connectivity index (χ1n) is 8.04. The normalized spacial score (nSPS) is 12.5. The highest BCUT2D eigenvalue weighted by molar-refractivity contribution is 6.29. The van der Waals surface area contributed by atoms with Crippen LogP contribution in [-0.4, -0.2) is 23.3 Å². The summed E-state index contributed by atoms with van der Waals surface area (Å²) < 4.78 is 50.9. The first kappa shape index (κ1) is 19.8. The van der Waals surface area contributed by atoms with E-state index in [1.807, 2.05) is 6.07 Å². The molecule has 1 aromatic heterocycles. The van der Waals surface area contributed by atoms with Crippen molar-refractivity contribution < 1.29 is 22.6 Å². The van der Waals surface area contributed by atoms with Crippen LogP contribution in [-0.2, 0) is 0 Å². The molecule has 0 radical (unpaired) electrons. The third kappa shape index (κ3) is 4.64. The molecule has 2 N–H and O–H groups in total. The lowest BCUT2D eigenvalue weighted by molar-refractivity contribution is -0.198. The molecule has 0 aliphatic carbocycles. The molecule has 0 amide bonds. The Balaban J connectivity index is 1.90. The number of alkyl halides is 3. The summed E-state index contributed by atoms with van der Waals surface area (Å²) >= 11 is 5.70. The van der Waals surface area contributed by atoms with Gasteiger partial charge < -0.3 is 15.2 Å². The predicted octanol–water partition coefficient (Wildman–Crippen LogP) is 5.07. The zero-order chi connectivity index (χ0) is 20.3. The van der Waals surface area contributed by atoms with Crippen LogP contribution in [0.15, 0.2) is 54.6 Å². The quantitative estimate of drug-likeness (QED) is 0.596. The highest BCUT2D eigenvalue weighted by atomic mass is 35.5. The van der Waals surface area contributed by atoms with Gasteiger partial charge in [-0.15, -0.1) is 0 Å². The number of ether oxygens (including phenoxy) is 2. The number of rotatable bonds is 5. The van der Waals surface area contributed by atoms with Crippen molar-refractivity contribution in [1.29, 1.82) is 0 Å². The fraction of sp³-hybridized carbons (Fsp3) is 0.158. The number of nitrogen functional groups attached to an aromatic ring is 1. The van der Waals surface area contributed by atoms with Gasteiger partial charge in [0, 0.05) is 11.6 Å². The van der Waals surface area contributed by atoms with E-state index >= 15 is 0 Å². The van der Waals surface area contributed by atoms with E-state index in [-0.39, 0.29) is 22.5 Å². The second kappa shape index (κ2) is 7.93. The highest BCUT2D eigenvalue weighted by Gasteiger charge is 2.43. The van der Waals surface area contributed by atoms with Crippen molar-refractivity contribution in [1.82, 2.24) is 9.97 Å². The molecule has 0 fully saturated rings. The number of hydrogen-bond acceptors (Lipinski definition) is 5. The number of aromatic nitrogens is 2. The van der Waals surface area contributed by atoms with E-state index in [2.05, 4.69) is 9.97 Å². The van der Waals surface area contributed by atoms with E-state index < -0.39 is 12.3 Å². The Morgan fingerprint density at radius 3 is 2.32 bits per heavy atom. The van der Waals surface area contributed by atoms with E-state index in [1.165, 1.54) is 12.1 Å². The summed E-state index contributed by atoms with van der Waals surface area (Å²) in [6.45, 7) is 0. The molecule has 3 rings (SSSR count). The van der Waals surface area contributed by atoms with Crippen molar-refractivity contribution in [3.8, 4) is 22.8 Å². The molecule has 9 heteroatoms. The zero-order valence-electron chi connectivity index (χ0n) is 14.6. The molecule has 1 unspecified atom stereocenters. The van der Waals surface area contributed by atoms with Gasteiger partial charge in [0.25, 0.3) is 0 Å². The van der Waals surface area contributed by atoms with Crippen molar-refractivity contribution >= 4 is 17.5 Å². The average molecular weight is 410 g/mol. The second-order valence-corrected chi connectivity index (χ2v) is 6.17. The Morgan fingerprint density at radius 1 is 1.00 bits per heavy atom. The molecule has 0 saturated heterocycles. The standard InChI is InChI=1S/C19H15ClF3N3O2/c1-27-14-4-2-3-13(9-14)11-5-7-12(8-6-11)17(19(21,22)23)28-16-10-15(20)25-18(24)26-16/h2-10,17H,1H3,(H2,24,25,26). The van der Waals surface area contributed by atoms with Gasteiger partial charge in [-0.25, -0.2) is 4.98 Å². The summed E-state index contributed by atoms with van der Waals surface area (Å²) in [6, 6.07) is 14.1. The lowest BCUT2D eigenvalue weighted by Gasteiger charge is -2.22. The number of halogens is 4. The summed E-state index contributed by atoms with van der Waals surface area (Å²) in [7, 11) is 1.54. The molecule has 0 saturated carbocycles. The molecule has 5 nitrogen and oxygen atoms in total. The maximum absolute atomic E-state index is 13.6. The topological polar surface area (TPSA) is 70.3 Å². The Hall–Kier alpha value is -3.00. The van der Waals surface area contributed by atoms with Crippen LogP contribution in [0, 0.1) is 0 Å². The minimum Gasteiger partial charge on any atom is -0.497 e. The molecule has 28 heavy (non-hydrogen) atoms. The van der Waals surface area contributed by atoms with Crippen LogP contribution in [0.2, 0.25) is 5.15 Å².